The summed E-state index contributed by atoms with van der Waals surface area (Å²) < 4.78 is 0. The largest absolute Gasteiger partial charge is 0.326 e. The average Bonchev–Trinajstić information content (AvgIpc) is 2.47. The van der Waals surface area contributed by atoms with Crippen molar-refractivity contribution in [3.63, 3.8) is 0 Å². The summed E-state index contributed by atoms with van der Waals surface area (Å²) in [7, 11) is 0. The predicted octanol–water partition coefficient (Wildman–Crippen LogP) is 4.65. The zero-order valence-electron chi connectivity index (χ0n) is 11.8. The molecule has 0 atom stereocenters. The van der Waals surface area contributed by atoms with Crippen molar-refractivity contribution in [2.75, 3.05) is 0 Å². The Labute approximate surface area is 115 Å². The van der Waals surface area contributed by atoms with Gasteiger partial charge in [-0.1, -0.05) is 49.6 Å². The molecule has 1 aliphatic rings. The molecule has 1 saturated carbocycles. The first kappa shape index (κ1) is 12.7. The molecule has 2 N–H and O–H groups in total. The third kappa shape index (κ3) is 2.28. The second-order valence-electron chi connectivity index (χ2n) is 5.85. The molecule has 1 aliphatic carbocycles. The summed E-state index contributed by atoms with van der Waals surface area (Å²) in [6, 6.07) is 11.2. The molecule has 0 spiro atoms. The van der Waals surface area contributed by atoms with Crippen LogP contribution in [0.4, 0.5) is 0 Å². The number of nitrogens with two attached hydrogens (primary N) is 1. The minimum Gasteiger partial charge on any atom is -0.326 e. The van der Waals surface area contributed by atoms with E-state index in [1.807, 2.05) is 0 Å². The van der Waals surface area contributed by atoms with E-state index in [1.54, 1.807) is 5.56 Å². The molecule has 1 heteroatoms. The molecule has 19 heavy (non-hydrogen) atoms. The van der Waals surface area contributed by atoms with Gasteiger partial charge in [-0.25, -0.2) is 0 Å². The van der Waals surface area contributed by atoms with Crippen LogP contribution >= 0.6 is 0 Å². The van der Waals surface area contributed by atoms with Gasteiger partial charge in [0.1, 0.15) is 0 Å². The molecule has 100 valence electrons. The Kier molecular flexibility index (Phi) is 3.56. The van der Waals surface area contributed by atoms with Crippen LogP contribution in [0.2, 0.25) is 0 Å². The second kappa shape index (κ2) is 5.34. The van der Waals surface area contributed by atoms with Crippen molar-refractivity contribution in [1.29, 1.82) is 0 Å². The van der Waals surface area contributed by atoms with Crippen LogP contribution in [0, 0.1) is 6.92 Å². The van der Waals surface area contributed by atoms with Gasteiger partial charge in [-0.05, 0) is 53.1 Å². The van der Waals surface area contributed by atoms with Crippen molar-refractivity contribution in [3.05, 3.63) is 47.0 Å². The topological polar surface area (TPSA) is 26.0 Å². The maximum Gasteiger partial charge on any atom is 0.0181 e. The lowest BCUT2D eigenvalue weighted by atomic mass is 9.79. The van der Waals surface area contributed by atoms with E-state index in [4.69, 9.17) is 5.73 Å². The van der Waals surface area contributed by atoms with Gasteiger partial charge in [0.15, 0.2) is 0 Å². The Hall–Kier alpha value is -1.34. The molecule has 3 rings (SSSR count). The van der Waals surface area contributed by atoms with Crippen molar-refractivity contribution in [3.8, 4) is 0 Å². The first-order valence-corrected chi connectivity index (χ1v) is 7.52. The summed E-state index contributed by atoms with van der Waals surface area (Å²) in [5.74, 6) is 0.720. The van der Waals surface area contributed by atoms with Crippen LogP contribution in [0.1, 0.15) is 54.7 Å². The molecule has 2 aromatic rings. The van der Waals surface area contributed by atoms with Gasteiger partial charge < -0.3 is 5.73 Å². The fraction of sp³-hybridized carbons (Fsp3) is 0.444. The molecular weight excluding hydrogens is 230 g/mol. The molecule has 1 nitrogen and oxygen atoms in total. The summed E-state index contributed by atoms with van der Waals surface area (Å²) in [6.07, 6.45) is 6.81. The fourth-order valence-corrected chi connectivity index (χ4v) is 3.63. The number of rotatable bonds is 2. The molecule has 0 aromatic heterocycles. The molecule has 0 aliphatic heterocycles. The van der Waals surface area contributed by atoms with Crippen LogP contribution in [0.15, 0.2) is 30.3 Å². The summed E-state index contributed by atoms with van der Waals surface area (Å²) in [5.41, 5.74) is 10.3. The monoisotopic (exact) mass is 253 g/mol. The molecule has 0 radical (unpaired) electrons. The highest BCUT2D eigenvalue weighted by Crippen LogP contribution is 2.38. The SMILES string of the molecule is Cc1cccc2c(C3CCCCC3)c(CN)ccc12. The molecule has 1 fully saturated rings. The van der Waals surface area contributed by atoms with Gasteiger partial charge in [-0.2, -0.15) is 0 Å². The zero-order chi connectivity index (χ0) is 13.2. The summed E-state index contributed by atoms with van der Waals surface area (Å²) >= 11 is 0. The number of benzene rings is 2. The van der Waals surface area contributed by atoms with Crippen molar-refractivity contribution in [1.82, 2.24) is 0 Å². The number of fused-ring (bicyclic) bond motifs is 1. The van der Waals surface area contributed by atoms with Crippen molar-refractivity contribution >= 4 is 10.8 Å². The smallest absolute Gasteiger partial charge is 0.0181 e. The molecule has 0 amide bonds. The molecule has 0 bridgehead atoms. The summed E-state index contributed by atoms with van der Waals surface area (Å²) in [6.45, 7) is 2.87. The Balaban J connectivity index is 2.20. The number of hydrogen-bond donors (Lipinski definition) is 1. The van der Waals surface area contributed by atoms with E-state index in [1.165, 1.54) is 54.0 Å². The van der Waals surface area contributed by atoms with E-state index in [2.05, 4.69) is 37.3 Å². The van der Waals surface area contributed by atoms with E-state index >= 15 is 0 Å². The molecular formula is C18H23N. The van der Waals surface area contributed by atoms with Crippen LogP contribution in [-0.4, -0.2) is 0 Å². The third-order valence-corrected chi connectivity index (χ3v) is 4.64. The van der Waals surface area contributed by atoms with Crippen LogP contribution in [0.5, 0.6) is 0 Å². The van der Waals surface area contributed by atoms with Crippen LogP contribution in [-0.2, 0) is 6.54 Å². The minimum absolute atomic E-state index is 0.662. The number of aryl methyl sites for hydroxylation is 1. The fourth-order valence-electron chi connectivity index (χ4n) is 3.63. The molecule has 0 heterocycles. The maximum absolute atomic E-state index is 5.99. The Morgan fingerprint density at radius 3 is 2.53 bits per heavy atom. The first-order valence-electron chi connectivity index (χ1n) is 7.52. The maximum atomic E-state index is 5.99. The van der Waals surface area contributed by atoms with Gasteiger partial charge in [0.05, 0.1) is 0 Å². The predicted molar refractivity (Wildman–Crippen MR) is 82.4 cm³/mol. The highest BCUT2D eigenvalue weighted by molar-refractivity contribution is 5.90. The second-order valence-corrected chi connectivity index (χ2v) is 5.85. The minimum atomic E-state index is 0.662. The highest BCUT2D eigenvalue weighted by Gasteiger charge is 2.20. The lowest BCUT2D eigenvalue weighted by molar-refractivity contribution is 0.443. The Morgan fingerprint density at radius 1 is 1.00 bits per heavy atom. The van der Waals surface area contributed by atoms with E-state index in [0.717, 1.165) is 5.92 Å². The average molecular weight is 253 g/mol. The number of hydrogen-bond acceptors (Lipinski definition) is 1. The van der Waals surface area contributed by atoms with Crippen LogP contribution in [0.25, 0.3) is 10.8 Å². The zero-order valence-corrected chi connectivity index (χ0v) is 11.8. The van der Waals surface area contributed by atoms with Gasteiger partial charge in [-0.3, -0.25) is 0 Å². The molecule has 2 aromatic carbocycles. The third-order valence-electron chi connectivity index (χ3n) is 4.64. The van der Waals surface area contributed by atoms with Crippen LogP contribution < -0.4 is 5.73 Å². The van der Waals surface area contributed by atoms with Crippen molar-refractivity contribution < 1.29 is 0 Å². The normalized spacial score (nSPS) is 16.9. The van der Waals surface area contributed by atoms with Gasteiger partial charge in [0.25, 0.3) is 0 Å². The van der Waals surface area contributed by atoms with E-state index in [0.29, 0.717) is 6.54 Å². The molecule has 0 unspecified atom stereocenters. The van der Waals surface area contributed by atoms with E-state index < -0.39 is 0 Å². The van der Waals surface area contributed by atoms with E-state index in [-0.39, 0.29) is 0 Å². The summed E-state index contributed by atoms with van der Waals surface area (Å²) in [5, 5.41) is 2.84. The summed E-state index contributed by atoms with van der Waals surface area (Å²) in [4.78, 5) is 0. The molecule has 0 saturated heterocycles. The van der Waals surface area contributed by atoms with Gasteiger partial charge in [-0.15, -0.1) is 0 Å². The van der Waals surface area contributed by atoms with Crippen molar-refractivity contribution in [2.24, 2.45) is 5.73 Å². The van der Waals surface area contributed by atoms with E-state index in [9.17, 15) is 0 Å². The van der Waals surface area contributed by atoms with Gasteiger partial charge >= 0.3 is 0 Å². The lowest BCUT2D eigenvalue weighted by Crippen LogP contribution is -2.10. The standard InChI is InChI=1S/C18H23N/c1-13-6-5-9-17-16(13)11-10-15(12-19)18(17)14-7-3-2-4-8-14/h5-6,9-11,14H,2-4,7-8,12,19H2,1H3. The van der Waals surface area contributed by atoms with Crippen LogP contribution in [0.3, 0.4) is 0 Å². The Bertz CT molecular complexity index is 580. The highest BCUT2D eigenvalue weighted by atomic mass is 14.5. The first-order chi connectivity index (χ1) is 9.31. The van der Waals surface area contributed by atoms with Gasteiger partial charge in [0.2, 0.25) is 0 Å². The van der Waals surface area contributed by atoms with Crippen molar-refractivity contribution in [2.45, 2.75) is 51.5 Å². The lowest BCUT2D eigenvalue weighted by Gasteiger charge is -2.26. The quantitative estimate of drug-likeness (QED) is 0.828. The van der Waals surface area contributed by atoms with Gasteiger partial charge in [0, 0.05) is 6.54 Å². The Morgan fingerprint density at radius 2 is 1.79 bits per heavy atom.